The lowest BCUT2D eigenvalue weighted by Gasteiger charge is -2.27. The Morgan fingerprint density at radius 1 is 0.900 bits per heavy atom. The van der Waals surface area contributed by atoms with Crippen LogP contribution < -0.4 is 10.2 Å². The molecule has 7 heteroatoms. The molecule has 2 aliphatic carbocycles. The summed E-state index contributed by atoms with van der Waals surface area (Å²) in [5.74, 6) is 1.12. The standard InChI is InChI=1S/C23H33N3O3S/c27-23(24-22(17-6-7-17)18-8-9-18)20-16-19(10-11-21(20)25-12-4-5-13-25)30(28,29)26-14-2-1-3-15-26/h10-11,16-18,22H,1-9,12-15H2,(H,24,27). The van der Waals surface area contributed by atoms with Crippen molar-refractivity contribution in [2.75, 3.05) is 31.1 Å². The number of piperidine rings is 1. The van der Waals surface area contributed by atoms with E-state index in [9.17, 15) is 13.2 Å². The van der Waals surface area contributed by atoms with Crippen molar-refractivity contribution < 1.29 is 13.2 Å². The predicted molar refractivity (Wildman–Crippen MR) is 117 cm³/mol. The SMILES string of the molecule is O=C(NC(C1CC1)C1CC1)c1cc(S(=O)(=O)N2CCCCC2)ccc1N1CCCC1. The molecule has 5 rings (SSSR count). The molecule has 0 radical (unpaired) electrons. The molecule has 2 heterocycles. The molecule has 4 fully saturated rings. The number of hydrogen-bond donors (Lipinski definition) is 1. The number of benzene rings is 1. The van der Waals surface area contributed by atoms with Gasteiger partial charge >= 0.3 is 0 Å². The van der Waals surface area contributed by atoms with E-state index in [0.717, 1.165) is 50.9 Å². The van der Waals surface area contributed by atoms with E-state index in [2.05, 4.69) is 10.2 Å². The molecule has 2 saturated carbocycles. The minimum Gasteiger partial charge on any atom is -0.371 e. The normalized spacial score (nSPS) is 23.2. The highest BCUT2D eigenvalue weighted by Gasteiger charge is 2.42. The molecule has 2 aliphatic heterocycles. The molecule has 30 heavy (non-hydrogen) atoms. The topological polar surface area (TPSA) is 69.7 Å². The maximum Gasteiger partial charge on any atom is 0.253 e. The third kappa shape index (κ3) is 4.11. The van der Waals surface area contributed by atoms with Gasteiger partial charge < -0.3 is 10.2 Å². The molecule has 2 saturated heterocycles. The lowest BCUT2D eigenvalue weighted by Crippen LogP contribution is -2.39. The largest absolute Gasteiger partial charge is 0.371 e. The van der Waals surface area contributed by atoms with Gasteiger partial charge in [-0.1, -0.05) is 6.42 Å². The second-order valence-corrected chi connectivity index (χ2v) is 11.4. The van der Waals surface area contributed by atoms with Gasteiger partial charge in [-0.2, -0.15) is 4.31 Å². The fourth-order valence-corrected chi connectivity index (χ4v) is 6.65. The number of carbonyl (C=O) groups is 1. The molecule has 0 bridgehead atoms. The molecule has 0 atom stereocenters. The highest BCUT2D eigenvalue weighted by molar-refractivity contribution is 7.89. The number of nitrogens with zero attached hydrogens (tertiary/aromatic N) is 2. The van der Waals surface area contributed by atoms with E-state index in [1.165, 1.54) is 25.7 Å². The number of rotatable bonds is 7. The molecule has 1 amide bonds. The Hall–Kier alpha value is -1.60. The first kappa shape index (κ1) is 20.3. The Labute approximate surface area is 180 Å². The first-order chi connectivity index (χ1) is 14.5. The summed E-state index contributed by atoms with van der Waals surface area (Å²) in [6, 6.07) is 5.46. The van der Waals surface area contributed by atoms with Crippen LogP contribution in [0.1, 0.15) is 68.1 Å². The smallest absolute Gasteiger partial charge is 0.253 e. The molecule has 1 aromatic carbocycles. The van der Waals surface area contributed by atoms with E-state index >= 15 is 0 Å². The van der Waals surface area contributed by atoms with Crippen LogP contribution in [0, 0.1) is 11.8 Å². The predicted octanol–water partition coefficient (Wildman–Crippen LogP) is 3.38. The maximum atomic E-state index is 13.4. The summed E-state index contributed by atoms with van der Waals surface area (Å²) in [5.41, 5.74) is 1.41. The van der Waals surface area contributed by atoms with Crippen LogP contribution in [-0.4, -0.2) is 50.9 Å². The molecule has 0 unspecified atom stereocenters. The summed E-state index contributed by atoms with van der Waals surface area (Å²) in [6.45, 7) is 2.99. The minimum atomic E-state index is -3.56. The van der Waals surface area contributed by atoms with Crippen LogP contribution in [0.3, 0.4) is 0 Å². The van der Waals surface area contributed by atoms with Crippen molar-refractivity contribution in [2.24, 2.45) is 11.8 Å². The Kier molecular flexibility index (Phi) is 5.52. The monoisotopic (exact) mass is 431 g/mol. The third-order valence-corrected chi connectivity index (χ3v) is 9.06. The zero-order valence-corrected chi connectivity index (χ0v) is 18.5. The van der Waals surface area contributed by atoms with E-state index in [-0.39, 0.29) is 16.8 Å². The summed E-state index contributed by atoms with van der Waals surface area (Å²) in [7, 11) is -3.56. The first-order valence-electron chi connectivity index (χ1n) is 11.7. The van der Waals surface area contributed by atoms with E-state index in [0.29, 0.717) is 30.5 Å². The lowest BCUT2D eigenvalue weighted by atomic mass is 10.1. The molecule has 0 aromatic heterocycles. The molecule has 0 spiro atoms. The average Bonchev–Trinajstić information content (AvgIpc) is 3.71. The molecular weight excluding hydrogens is 398 g/mol. The van der Waals surface area contributed by atoms with Crippen LogP contribution >= 0.6 is 0 Å². The van der Waals surface area contributed by atoms with Gasteiger partial charge in [0, 0.05) is 37.9 Å². The summed E-state index contributed by atoms with van der Waals surface area (Å²) in [6.07, 6.45) is 9.91. The highest BCUT2D eigenvalue weighted by atomic mass is 32.2. The van der Waals surface area contributed by atoms with Gasteiger partial charge in [0.25, 0.3) is 5.91 Å². The van der Waals surface area contributed by atoms with E-state index in [1.54, 1.807) is 16.4 Å². The number of hydrogen-bond acceptors (Lipinski definition) is 4. The van der Waals surface area contributed by atoms with Gasteiger partial charge in [0.05, 0.1) is 10.5 Å². The van der Waals surface area contributed by atoms with Gasteiger partial charge in [-0.05, 0) is 81.4 Å². The Bertz CT molecular complexity index is 884. The zero-order valence-electron chi connectivity index (χ0n) is 17.7. The molecule has 1 N–H and O–H groups in total. The van der Waals surface area contributed by atoms with E-state index in [4.69, 9.17) is 0 Å². The number of sulfonamides is 1. The summed E-state index contributed by atoms with van der Waals surface area (Å²) in [5, 5.41) is 3.31. The van der Waals surface area contributed by atoms with Crippen LogP contribution in [0.4, 0.5) is 5.69 Å². The molecule has 4 aliphatic rings. The second-order valence-electron chi connectivity index (χ2n) is 9.51. The van der Waals surface area contributed by atoms with Gasteiger partial charge in [0.1, 0.15) is 0 Å². The summed E-state index contributed by atoms with van der Waals surface area (Å²) >= 11 is 0. The van der Waals surface area contributed by atoms with Crippen LogP contribution in [0.15, 0.2) is 23.1 Å². The second kappa shape index (κ2) is 8.15. The quantitative estimate of drug-likeness (QED) is 0.719. The van der Waals surface area contributed by atoms with Crippen molar-refractivity contribution in [3.63, 3.8) is 0 Å². The fraction of sp³-hybridized carbons (Fsp3) is 0.696. The number of carbonyl (C=O) groups excluding carboxylic acids is 1. The van der Waals surface area contributed by atoms with Gasteiger partial charge in [-0.25, -0.2) is 8.42 Å². The fourth-order valence-electron chi connectivity index (χ4n) is 5.11. The van der Waals surface area contributed by atoms with Crippen molar-refractivity contribution in [1.82, 2.24) is 9.62 Å². The van der Waals surface area contributed by atoms with Gasteiger partial charge in [0.2, 0.25) is 10.0 Å². The van der Waals surface area contributed by atoms with Crippen molar-refractivity contribution in [3.8, 4) is 0 Å². The van der Waals surface area contributed by atoms with Crippen LogP contribution in [-0.2, 0) is 10.0 Å². The van der Waals surface area contributed by atoms with Crippen molar-refractivity contribution in [2.45, 2.75) is 68.7 Å². The van der Waals surface area contributed by atoms with Crippen LogP contribution in [0.25, 0.3) is 0 Å². The summed E-state index contributed by atoms with van der Waals surface area (Å²) in [4.78, 5) is 15.9. The number of nitrogens with one attached hydrogen (secondary N) is 1. The van der Waals surface area contributed by atoms with Gasteiger partial charge in [0.15, 0.2) is 0 Å². The Balaban J connectivity index is 1.46. The molecule has 6 nitrogen and oxygen atoms in total. The van der Waals surface area contributed by atoms with Crippen molar-refractivity contribution in [1.29, 1.82) is 0 Å². The molecule has 1 aromatic rings. The third-order valence-electron chi connectivity index (χ3n) is 7.17. The van der Waals surface area contributed by atoms with Crippen LogP contribution in [0.2, 0.25) is 0 Å². The molecule has 164 valence electrons. The highest BCUT2D eigenvalue weighted by Crippen LogP contribution is 2.44. The van der Waals surface area contributed by atoms with Crippen molar-refractivity contribution >= 4 is 21.6 Å². The maximum absolute atomic E-state index is 13.4. The van der Waals surface area contributed by atoms with Gasteiger partial charge in [-0.15, -0.1) is 0 Å². The van der Waals surface area contributed by atoms with Crippen LogP contribution in [0.5, 0.6) is 0 Å². The lowest BCUT2D eigenvalue weighted by molar-refractivity contribution is 0.0926. The number of anilines is 1. The summed E-state index contributed by atoms with van der Waals surface area (Å²) < 4.78 is 28.1. The first-order valence-corrected chi connectivity index (χ1v) is 13.2. The molecular formula is C23H33N3O3S. The van der Waals surface area contributed by atoms with E-state index < -0.39 is 10.0 Å². The van der Waals surface area contributed by atoms with Gasteiger partial charge in [-0.3, -0.25) is 4.79 Å². The minimum absolute atomic E-state index is 0.101. The zero-order chi connectivity index (χ0) is 20.7. The van der Waals surface area contributed by atoms with Crippen molar-refractivity contribution in [3.05, 3.63) is 23.8 Å². The van der Waals surface area contributed by atoms with E-state index in [1.807, 2.05) is 6.07 Å². The number of amides is 1. The average molecular weight is 432 g/mol. The Morgan fingerprint density at radius 2 is 1.50 bits per heavy atom. The Morgan fingerprint density at radius 3 is 2.10 bits per heavy atom.